The van der Waals surface area contributed by atoms with Crippen LogP contribution in [0, 0.1) is 5.82 Å². The molecule has 2 N–H and O–H groups in total. The third-order valence-corrected chi connectivity index (χ3v) is 7.89. The van der Waals surface area contributed by atoms with E-state index in [1.807, 2.05) is 0 Å². The summed E-state index contributed by atoms with van der Waals surface area (Å²) in [6, 6.07) is 0.987. The van der Waals surface area contributed by atoms with Crippen molar-refractivity contribution in [2.45, 2.75) is 63.1 Å². The van der Waals surface area contributed by atoms with Gasteiger partial charge in [0.25, 0.3) is 5.91 Å². The summed E-state index contributed by atoms with van der Waals surface area (Å²) < 4.78 is 62.7. The van der Waals surface area contributed by atoms with E-state index in [2.05, 4.69) is 20.6 Å². The maximum absolute atomic E-state index is 15.5. The first kappa shape index (κ1) is 30.2. The average Bonchev–Trinajstić information content (AvgIpc) is 3.50. The Balaban J connectivity index is 1.22. The predicted octanol–water partition coefficient (Wildman–Crippen LogP) is 3.92. The smallest absolute Gasteiger partial charge is 0.446 e. The molecule has 2 aliphatic rings. The summed E-state index contributed by atoms with van der Waals surface area (Å²) >= 11 is 6.34. The second-order valence-electron chi connectivity index (χ2n) is 10.2. The Kier molecular flexibility index (Phi) is 8.27. The van der Waals surface area contributed by atoms with Gasteiger partial charge in [0.05, 0.1) is 22.8 Å². The van der Waals surface area contributed by atoms with Gasteiger partial charge in [-0.3, -0.25) is 14.6 Å². The van der Waals surface area contributed by atoms with Crippen LogP contribution in [0.4, 0.5) is 22.4 Å². The van der Waals surface area contributed by atoms with Gasteiger partial charge in [-0.2, -0.15) is 13.2 Å². The van der Waals surface area contributed by atoms with Crippen LogP contribution < -0.4 is 10.6 Å². The van der Waals surface area contributed by atoms with E-state index in [1.54, 1.807) is 0 Å². The quantitative estimate of drug-likeness (QED) is 0.272. The summed E-state index contributed by atoms with van der Waals surface area (Å²) in [6.45, 7) is -0.543. The Morgan fingerprint density at radius 1 is 1.30 bits per heavy atom. The van der Waals surface area contributed by atoms with Crippen LogP contribution in [-0.4, -0.2) is 62.8 Å². The van der Waals surface area contributed by atoms with Crippen LogP contribution in [-0.2, 0) is 33.6 Å². The molecule has 1 fully saturated rings. The fourth-order valence-corrected chi connectivity index (χ4v) is 5.68. The van der Waals surface area contributed by atoms with Crippen molar-refractivity contribution in [3.8, 4) is 0 Å². The van der Waals surface area contributed by atoms with Crippen molar-refractivity contribution < 1.29 is 41.5 Å². The van der Waals surface area contributed by atoms with Crippen molar-refractivity contribution >= 4 is 46.8 Å². The number of benzene rings is 1. The molecule has 3 aromatic rings. The van der Waals surface area contributed by atoms with Crippen molar-refractivity contribution in [3.63, 3.8) is 0 Å². The molecule has 0 radical (unpaired) electrons. The molecule has 228 valence electrons. The van der Waals surface area contributed by atoms with E-state index in [9.17, 15) is 32.3 Å². The fraction of sp³-hybridized carbons (Fsp3) is 0.407. The zero-order chi connectivity index (χ0) is 31.1. The van der Waals surface area contributed by atoms with Crippen LogP contribution in [0.1, 0.15) is 59.0 Å². The molecular formula is C27H25ClF4N6O5. The molecule has 3 heterocycles. The Hall–Kier alpha value is -4.27. The van der Waals surface area contributed by atoms with E-state index in [-0.39, 0.29) is 65.0 Å². The number of aromatic nitrogens is 3. The maximum atomic E-state index is 15.5. The van der Waals surface area contributed by atoms with Gasteiger partial charge in [0.15, 0.2) is 0 Å². The van der Waals surface area contributed by atoms with Crippen LogP contribution in [0.5, 0.6) is 0 Å². The molecule has 1 saturated carbocycles. The van der Waals surface area contributed by atoms with Crippen molar-refractivity contribution in [1.82, 2.24) is 30.1 Å². The minimum atomic E-state index is -4.69. The third kappa shape index (κ3) is 5.72. The minimum absolute atomic E-state index is 0.00700. The van der Waals surface area contributed by atoms with Gasteiger partial charge in [-0.1, -0.05) is 11.6 Å². The van der Waals surface area contributed by atoms with Gasteiger partial charge in [-0.05, 0) is 18.6 Å². The van der Waals surface area contributed by atoms with Gasteiger partial charge >= 0.3 is 12.3 Å². The number of carbonyl (C=O) groups excluding carboxylic acids is 4. The number of hydrogen-bond acceptors (Lipinski definition) is 7. The molecule has 16 heteroatoms. The number of nitrogens with one attached hydrogen (secondary N) is 2. The van der Waals surface area contributed by atoms with Crippen LogP contribution in [0.25, 0.3) is 11.0 Å². The molecule has 3 amide bonds. The van der Waals surface area contributed by atoms with Gasteiger partial charge in [0.2, 0.25) is 11.7 Å². The first-order valence-electron chi connectivity index (χ1n) is 13.2. The van der Waals surface area contributed by atoms with Crippen LogP contribution in [0.2, 0.25) is 5.02 Å². The van der Waals surface area contributed by atoms with E-state index >= 15 is 4.39 Å². The molecule has 2 aromatic heterocycles. The summed E-state index contributed by atoms with van der Waals surface area (Å²) in [7, 11) is 1.38. The van der Waals surface area contributed by atoms with E-state index in [0.29, 0.717) is 6.29 Å². The summed E-state index contributed by atoms with van der Waals surface area (Å²) in [5.74, 6) is -3.29. The Morgan fingerprint density at radius 3 is 2.72 bits per heavy atom. The molecule has 1 atom stereocenters. The van der Waals surface area contributed by atoms with Crippen LogP contribution >= 0.6 is 11.6 Å². The normalized spacial score (nSPS) is 18.7. The summed E-state index contributed by atoms with van der Waals surface area (Å²) in [4.78, 5) is 57.5. The molecule has 0 bridgehead atoms. The van der Waals surface area contributed by atoms with E-state index < -0.39 is 60.5 Å². The molecule has 1 aliphatic heterocycles. The molecule has 43 heavy (non-hydrogen) atoms. The van der Waals surface area contributed by atoms with Crippen LogP contribution in [0.3, 0.4) is 0 Å². The monoisotopic (exact) mass is 624 g/mol. The number of alkyl carbamates (subject to hydrolysis) is 1. The van der Waals surface area contributed by atoms with Gasteiger partial charge in [-0.15, -0.1) is 0 Å². The summed E-state index contributed by atoms with van der Waals surface area (Å²) in [5, 5.41) is 4.86. The van der Waals surface area contributed by atoms with Crippen molar-refractivity contribution in [2.75, 3.05) is 7.05 Å². The summed E-state index contributed by atoms with van der Waals surface area (Å²) in [6.07, 6.45) is -2.84. The lowest BCUT2D eigenvalue weighted by Crippen LogP contribution is -2.46. The van der Waals surface area contributed by atoms with Gasteiger partial charge in [-0.25, -0.2) is 14.2 Å². The third-order valence-electron chi connectivity index (χ3n) is 7.56. The van der Waals surface area contributed by atoms with Crippen LogP contribution in [0.15, 0.2) is 24.5 Å². The number of ether oxygens (including phenoxy) is 1. The highest BCUT2D eigenvalue weighted by molar-refractivity contribution is 6.32. The lowest BCUT2D eigenvalue weighted by Gasteiger charge is -2.36. The SMILES string of the molecule is CNC(=O)C(CCC=O)N1Cc2c(Cl)cc(CNC(=O)OC3CC(n4c(C(F)(F)F)nc5ccncc54)C3)c(F)c2C1=O. The maximum Gasteiger partial charge on any atom is 0.449 e. The number of halogens is 5. The van der Waals surface area contributed by atoms with Crippen molar-refractivity contribution in [3.05, 3.63) is 57.9 Å². The van der Waals surface area contributed by atoms with E-state index in [0.717, 1.165) is 9.47 Å². The molecule has 11 nitrogen and oxygen atoms in total. The minimum Gasteiger partial charge on any atom is -0.446 e. The highest BCUT2D eigenvalue weighted by Crippen LogP contribution is 2.42. The number of alkyl halides is 3. The number of imidazole rings is 1. The Labute approximate surface area is 246 Å². The number of nitrogens with zero attached hydrogens (tertiary/aromatic N) is 4. The van der Waals surface area contributed by atoms with E-state index in [4.69, 9.17) is 16.3 Å². The first-order valence-corrected chi connectivity index (χ1v) is 13.6. The lowest BCUT2D eigenvalue weighted by molar-refractivity contribution is -0.149. The van der Waals surface area contributed by atoms with E-state index in [1.165, 1.54) is 31.6 Å². The second kappa shape index (κ2) is 11.8. The molecule has 1 unspecified atom stereocenters. The van der Waals surface area contributed by atoms with Gasteiger partial charge in [0, 0.05) is 67.8 Å². The number of aldehydes is 1. The predicted molar refractivity (Wildman–Crippen MR) is 142 cm³/mol. The number of carbonyl (C=O) groups is 4. The highest BCUT2D eigenvalue weighted by Gasteiger charge is 2.44. The standard InChI is InChI=1S/C27H25ClF4N6O5/c1-33-23(40)19(3-2-6-39)37-12-16-17(28)7-13(22(29)21(16)24(37)41)10-35-26(42)43-15-8-14(9-15)38-20-11-34-5-4-18(20)36-25(38)27(30,31)32/h4-7,11,14-15,19H,2-3,8-10,12H2,1H3,(H,33,40)(H,35,42). The lowest BCUT2D eigenvalue weighted by atomic mass is 9.88. The largest absolute Gasteiger partial charge is 0.449 e. The highest BCUT2D eigenvalue weighted by atomic mass is 35.5. The molecule has 1 aromatic carbocycles. The molecule has 0 saturated heterocycles. The van der Waals surface area contributed by atoms with Crippen molar-refractivity contribution in [2.24, 2.45) is 0 Å². The van der Waals surface area contributed by atoms with Gasteiger partial charge < -0.3 is 29.6 Å². The first-order chi connectivity index (χ1) is 20.4. The molecule has 1 aliphatic carbocycles. The number of rotatable bonds is 9. The number of pyridine rings is 1. The van der Waals surface area contributed by atoms with Crippen molar-refractivity contribution in [1.29, 1.82) is 0 Å². The zero-order valence-electron chi connectivity index (χ0n) is 22.6. The molecular weight excluding hydrogens is 600 g/mol. The zero-order valence-corrected chi connectivity index (χ0v) is 23.3. The fourth-order valence-electron chi connectivity index (χ4n) is 5.40. The number of likely N-dealkylation sites (N-methyl/N-ethyl adjacent to an activating group) is 1. The van der Waals surface area contributed by atoms with Gasteiger partial charge in [0.1, 0.15) is 24.2 Å². The second-order valence-corrected chi connectivity index (χ2v) is 10.6. The Morgan fingerprint density at radius 2 is 2.05 bits per heavy atom. The summed E-state index contributed by atoms with van der Waals surface area (Å²) in [5.41, 5.74) is 0.0915. The topological polar surface area (TPSA) is 136 Å². The number of fused-ring (bicyclic) bond motifs is 2. The average molecular weight is 625 g/mol. The molecule has 0 spiro atoms. The number of amides is 3. The number of hydrogen-bond donors (Lipinski definition) is 2. The molecule has 5 rings (SSSR count). The Bertz CT molecular complexity index is 1610.